The minimum Gasteiger partial charge on any atom is -0.396 e. The molecule has 1 aliphatic rings. The SMILES string of the molecule is CCCC1CC1NC(=O)c1nn(CC)cc1N. The zero-order valence-electron chi connectivity index (χ0n) is 10.4. The summed E-state index contributed by atoms with van der Waals surface area (Å²) in [6.07, 6.45) is 5.15. The molecule has 1 saturated carbocycles. The van der Waals surface area contributed by atoms with E-state index in [1.165, 1.54) is 12.8 Å². The molecule has 0 spiro atoms. The van der Waals surface area contributed by atoms with Gasteiger partial charge in [-0.15, -0.1) is 0 Å². The van der Waals surface area contributed by atoms with Gasteiger partial charge in [0.25, 0.3) is 5.91 Å². The van der Waals surface area contributed by atoms with Crippen molar-refractivity contribution in [1.82, 2.24) is 15.1 Å². The Hall–Kier alpha value is -1.52. The van der Waals surface area contributed by atoms with Crippen molar-refractivity contribution in [3.8, 4) is 0 Å². The van der Waals surface area contributed by atoms with Gasteiger partial charge in [0, 0.05) is 18.8 Å². The third-order valence-electron chi connectivity index (χ3n) is 3.23. The first kappa shape index (κ1) is 12.0. The fourth-order valence-electron chi connectivity index (χ4n) is 2.13. The largest absolute Gasteiger partial charge is 0.396 e. The molecule has 2 unspecified atom stereocenters. The normalized spacial score (nSPS) is 22.5. The van der Waals surface area contributed by atoms with E-state index in [-0.39, 0.29) is 5.91 Å². The lowest BCUT2D eigenvalue weighted by Crippen LogP contribution is -2.28. The molecule has 1 amide bonds. The van der Waals surface area contributed by atoms with Crippen molar-refractivity contribution in [3.05, 3.63) is 11.9 Å². The van der Waals surface area contributed by atoms with Crippen molar-refractivity contribution >= 4 is 11.6 Å². The quantitative estimate of drug-likeness (QED) is 0.811. The number of nitrogen functional groups attached to an aromatic ring is 1. The lowest BCUT2D eigenvalue weighted by molar-refractivity contribution is 0.0944. The summed E-state index contributed by atoms with van der Waals surface area (Å²) in [7, 11) is 0. The Balaban J connectivity index is 1.94. The van der Waals surface area contributed by atoms with Crippen LogP contribution in [-0.2, 0) is 6.54 Å². The highest BCUT2D eigenvalue weighted by atomic mass is 16.2. The van der Waals surface area contributed by atoms with Crippen molar-refractivity contribution in [3.63, 3.8) is 0 Å². The maximum absolute atomic E-state index is 11.9. The molecule has 1 aromatic rings. The van der Waals surface area contributed by atoms with Gasteiger partial charge in [0.1, 0.15) is 0 Å². The van der Waals surface area contributed by atoms with Gasteiger partial charge in [-0.3, -0.25) is 9.48 Å². The Morgan fingerprint density at radius 2 is 2.41 bits per heavy atom. The third kappa shape index (κ3) is 2.60. The maximum atomic E-state index is 11.9. The second kappa shape index (κ2) is 4.77. The van der Waals surface area contributed by atoms with Gasteiger partial charge in [-0.1, -0.05) is 13.3 Å². The zero-order valence-corrected chi connectivity index (χ0v) is 10.4. The predicted octanol–water partition coefficient (Wildman–Crippen LogP) is 1.40. The van der Waals surface area contributed by atoms with Crippen molar-refractivity contribution in [2.24, 2.45) is 5.92 Å². The van der Waals surface area contributed by atoms with E-state index in [1.54, 1.807) is 10.9 Å². The van der Waals surface area contributed by atoms with Crippen molar-refractivity contribution in [2.75, 3.05) is 5.73 Å². The molecule has 0 aliphatic heterocycles. The molecular formula is C12H20N4O. The first-order valence-corrected chi connectivity index (χ1v) is 6.29. The van der Waals surface area contributed by atoms with Crippen LogP contribution in [0.25, 0.3) is 0 Å². The number of carbonyl (C=O) groups excluding carboxylic acids is 1. The van der Waals surface area contributed by atoms with E-state index in [9.17, 15) is 4.79 Å². The number of aromatic nitrogens is 2. The Labute approximate surface area is 101 Å². The molecule has 1 aromatic heterocycles. The number of aryl methyl sites for hydroxylation is 1. The van der Waals surface area contributed by atoms with Gasteiger partial charge in [-0.25, -0.2) is 0 Å². The first-order chi connectivity index (χ1) is 8.15. The summed E-state index contributed by atoms with van der Waals surface area (Å²) in [5.74, 6) is 0.511. The van der Waals surface area contributed by atoms with Crippen LogP contribution in [0, 0.1) is 5.92 Å². The van der Waals surface area contributed by atoms with Crippen LogP contribution >= 0.6 is 0 Å². The average molecular weight is 236 g/mol. The second-order valence-corrected chi connectivity index (χ2v) is 4.65. The minimum absolute atomic E-state index is 0.140. The van der Waals surface area contributed by atoms with Gasteiger partial charge in [-0.05, 0) is 25.7 Å². The lowest BCUT2D eigenvalue weighted by atomic mass is 10.2. The van der Waals surface area contributed by atoms with Gasteiger partial charge < -0.3 is 11.1 Å². The van der Waals surface area contributed by atoms with Gasteiger partial charge in [0.05, 0.1) is 5.69 Å². The molecular weight excluding hydrogens is 216 g/mol. The van der Waals surface area contributed by atoms with Gasteiger partial charge >= 0.3 is 0 Å². The molecule has 94 valence electrons. The molecule has 3 N–H and O–H groups in total. The Kier molecular flexibility index (Phi) is 3.36. The van der Waals surface area contributed by atoms with Crippen LogP contribution in [0.1, 0.15) is 43.6 Å². The molecule has 1 heterocycles. The zero-order chi connectivity index (χ0) is 12.4. The first-order valence-electron chi connectivity index (χ1n) is 6.29. The van der Waals surface area contributed by atoms with Crippen molar-refractivity contribution in [2.45, 2.75) is 45.7 Å². The van der Waals surface area contributed by atoms with Crippen LogP contribution in [0.15, 0.2) is 6.20 Å². The predicted molar refractivity (Wildman–Crippen MR) is 66.6 cm³/mol. The summed E-state index contributed by atoms with van der Waals surface area (Å²) in [6.45, 7) is 4.85. The van der Waals surface area contributed by atoms with Gasteiger partial charge in [-0.2, -0.15) is 5.10 Å². The topological polar surface area (TPSA) is 72.9 Å². The number of rotatable bonds is 5. The van der Waals surface area contributed by atoms with Crippen LogP contribution in [-0.4, -0.2) is 21.7 Å². The summed E-state index contributed by atoms with van der Waals surface area (Å²) < 4.78 is 1.68. The standard InChI is InChI=1S/C12H20N4O/c1-3-5-8-6-10(8)14-12(17)11-9(13)7-16(4-2)15-11/h7-8,10H,3-6,13H2,1-2H3,(H,14,17). The molecule has 2 atom stereocenters. The highest BCUT2D eigenvalue weighted by Gasteiger charge is 2.37. The van der Waals surface area contributed by atoms with E-state index in [4.69, 9.17) is 5.73 Å². The summed E-state index contributed by atoms with van der Waals surface area (Å²) in [4.78, 5) is 11.9. The molecule has 5 heteroatoms. The van der Waals surface area contributed by atoms with E-state index in [0.29, 0.717) is 23.3 Å². The molecule has 17 heavy (non-hydrogen) atoms. The average Bonchev–Trinajstić information content (AvgIpc) is 2.90. The Morgan fingerprint density at radius 1 is 1.65 bits per heavy atom. The van der Waals surface area contributed by atoms with E-state index in [1.807, 2.05) is 6.92 Å². The number of nitrogens with zero attached hydrogens (tertiary/aromatic N) is 2. The highest BCUT2D eigenvalue weighted by molar-refractivity contribution is 5.97. The summed E-state index contributed by atoms with van der Waals surface area (Å²) in [5.41, 5.74) is 6.57. The molecule has 0 aromatic carbocycles. The van der Waals surface area contributed by atoms with E-state index >= 15 is 0 Å². The summed E-state index contributed by atoms with van der Waals surface area (Å²) >= 11 is 0. The second-order valence-electron chi connectivity index (χ2n) is 4.65. The molecule has 2 rings (SSSR count). The fraction of sp³-hybridized carbons (Fsp3) is 0.667. The van der Waals surface area contributed by atoms with Crippen LogP contribution in [0.3, 0.4) is 0 Å². The molecule has 0 bridgehead atoms. The van der Waals surface area contributed by atoms with E-state index in [0.717, 1.165) is 13.0 Å². The number of hydrogen-bond acceptors (Lipinski definition) is 3. The van der Waals surface area contributed by atoms with Crippen molar-refractivity contribution in [1.29, 1.82) is 0 Å². The molecule has 0 saturated heterocycles. The number of amides is 1. The minimum atomic E-state index is -0.140. The Bertz CT molecular complexity index is 413. The van der Waals surface area contributed by atoms with E-state index in [2.05, 4.69) is 17.3 Å². The fourth-order valence-corrected chi connectivity index (χ4v) is 2.13. The van der Waals surface area contributed by atoms with E-state index < -0.39 is 0 Å². The van der Waals surface area contributed by atoms with Gasteiger partial charge in [0.15, 0.2) is 5.69 Å². The molecule has 1 fully saturated rings. The smallest absolute Gasteiger partial charge is 0.274 e. The van der Waals surface area contributed by atoms with Crippen LogP contribution in [0.4, 0.5) is 5.69 Å². The number of nitrogens with two attached hydrogens (primary N) is 1. The summed E-state index contributed by atoms with van der Waals surface area (Å²) in [6, 6.07) is 0.327. The monoisotopic (exact) mass is 236 g/mol. The van der Waals surface area contributed by atoms with Gasteiger partial charge in [0.2, 0.25) is 0 Å². The van der Waals surface area contributed by atoms with Crippen molar-refractivity contribution < 1.29 is 4.79 Å². The Morgan fingerprint density at radius 3 is 3.00 bits per heavy atom. The lowest BCUT2D eigenvalue weighted by Gasteiger charge is -2.02. The van der Waals surface area contributed by atoms with Crippen LogP contribution in [0.2, 0.25) is 0 Å². The third-order valence-corrected chi connectivity index (χ3v) is 3.23. The molecule has 1 aliphatic carbocycles. The van der Waals surface area contributed by atoms with Crippen LogP contribution in [0.5, 0.6) is 0 Å². The van der Waals surface area contributed by atoms with Crippen LogP contribution < -0.4 is 11.1 Å². The number of carbonyl (C=O) groups is 1. The number of anilines is 1. The highest BCUT2D eigenvalue weighted by Crippen LogP contribution is 2.34. The molecule has 5 nitrogen and oxygen atoms in total. The molecule has 0 radical (unpaired) electrons. The number of hydrogen-bond donors (Lipinski definition) is 2. The maximum Gasteiger partial charge on any atom is 0.274 e. The summed E-state index contributed by atoms with van der Waals surface area (Å²) in [5, 5.41) is 7.15. The number of nitrogens with one attached hydrogen (secondary N) is 1.